The number of amides is 4. The Hall–Kier alpha value is -5.03. The monoisotopic (exact) mass is 556 g/mol. The average molecular weight is 557 g/mol. The van der Waals surface area contributed by atoms with Gasteiger partial charge in [-0.3, -0.25) is 14.9 Å². The summed E-state index contributed by atoms with van der Waals surface area (Å²) in [5.74, 6) is 0.988. The number of hydrogen-bond acceptors (Lipinski definition) is 7. The summed E-state index contributed by atoms with van der Waals surface area (Å²) in [5, 5.41) is 17.3. The van der Waals surface area contributed by atoms with Crippen LogP contribution in [0.15, 0.2) is 72.9 Å². The molecule has 210 valence electrons. The molecule has 0 saturated carbocycles. The lowest BCUT2D eigenvalue weighted by Crippen LogP contribution is -2.47. The van der Waals surface area contributed by atoms with E-state index in [1.807, 2.05) is 6.07 Å². The molecule has 0 aliphatic carbocycles. The van der Waals surface area contributed by atoms with Gasteiger partial charge in [-0.25, -0.2) is 4.79 Å². The summed E-state index contributed by atoms with van der Waals surface area (Å²) in [6.07, 6.45) is 1.72. The highest BCUT2D eigenvalue weighted by atomic mass is 16.5. The second-order valence-corrected chi connectivity index (χ2v) is 9.90. The lowest BCUT2D eigenvalue weighted by Gasteiger charge is -2.27. The van der Waals surface area contributed by atoms with Gasteiger partial charge < -0.3 is 34.1 Å². The maximum atomic E-state index is 13.1. The molecule has 0 radical (unpaired) electrons. The molecule has 1 aromatic heterocycles. The van der Waals surface area contributed by atoms with Gasteiger partial charge in [-0.2, -0.15) is 0 Å². The van der Waals surface area contributed by atoms with E-state index in [9.17, 15) is 19.5 Å². The Morgan fingerprint density at radius 3 is 2.27 bits per heavy atom. The van der Waals surface area contributed by atoms with Gasteiger partial charge in [0.25, 0.3) is 11.8 Å². The van der Waals surface area contributed by atoms with E-state index in [-0.39, 0.29) is 18.3 Å². The van der Waals surface area contributed by atoms with E-state index in [0.717, 1.165) is 5.39 Å². The van der Waals surface area contributed by atoms with Crippen molar-refractivity contribution >= 4 is 28.6 Å². The molecule has 4 amide bonds. The first-order valence-corrected chi connectivity index (χ1v) is 13.1. The molecule has 11 heteroatoms. The molecule has 0 unspecified atom stereocenters. The van der Waals surface area contributed by atoms with Crippen molar-refractivity contribution in [2.75, 3.05) is 33.4 Å². The first-order chi connectivity index (χ1) is 19.9. The fourth-order valence-corrected chi connectivity index (χ4v) is 5.18. The molecule has 0 spiro atoms. The number of morpholine rings is 1. The van der Waals surface area contributed by atoms with E-state index >= 15 is 0 Å². The Morgan fingerprint density at radius 2 is 1.63 bits per heavy atom. The minimum Gasteiger partial charge on any atom is -0.497 e. The topological polar surface area (TPSA) is 131 Å². The van der Waals surface area contributed by atoms with Crippen molar-refractivity contribution in [1.29, 1.82) is 0 Å². The standard InChI is InChI=1S/C30H28N4O7/c1-39-24-9-4-20-17-34(27(36)25(20)16-24)18-30(28(37)31-29(38)32-30)21-5-10-23(11-6-21)41-22-7-2-19(3-8-22)26(35)33-12-14-40-15-13-33/h2-11,16-17,36H,12-15,18H2,1H3,(H2,31,32,37,38)/t30-/m0/s1. The number of rotatable bonds is 7. The summed E-state index contributed by atoms with van der Waals surface area (Å²) in [7, 11) is 1.54. The molecule has 2 fully saturated rings. The number of carbonyl (C=O) groups is 3. The molecule has 11 nitrogen and oxygen atoms in total. The van der Waals surface area contributed by atoms with E-state index in [1.54, 1.807) is 78.9 Å². The second-order valence-electron chi connectivity index (χ2n) is 9.90. The molecule has 3 heterocycles. The number of nitrogens with zero attached hydrogens (tertiary/aromatic N) is 2. The zero-order chi connectivity index (χ0) is 28.6. The van der Waals surface area contributed by atoms with Crippen LogP contribution in [0.5, 0.6) is 23.1 Å². The summed E-state index contributed by atoms with van der Waals surface area (Å²) in [5.41, 5.74) is -0.387. The Labute approximate surface area is 235 Å². The maximum Gasteiger partial charge on any atom is 0.322 e. The largest absolute Gasteiger partial charge is 0.497 e. The number of carbonyl (C=O) groups excluding carboxylic acids is 3. The zero-order valence-electron chi connectivity index (χ0n) is 22.3. The third-order valence-electron chi connectivity index (χ3n) is 7.40. The summed E-state index contributed by atoms with van der Waals surface area (Å²) in [6, 6.07) is 18.3. The molecule has 2 aliphatic rings. The van der Waals surface area contributed by atoms with Crippen LogP contribution < -0.4 is 20.1 Å². The molecule has 2 aliphatic heterocycles. The number of ether oxygens (including phenoxy) is 3. The molecule has 0 bridgehead atoms. The van der Waals surface area contributed by atoms with Crippen molar-refractivity contribution in [2.24, 2.45) is 0 Å². The summed E-state index contributed by atoms with van der Waals surface area (Å²) >= 11 is 0. The fourth-order valence-electron chi connectivity index (χ4n) is 5.18. The van der Waals surface area contributed by atoms with E-state index in [1.165, 1.54) is 4.57 Å². The van der Waals surface area contributed by atoms with Crippen LogP contribution in [0.3, 0.4) is 0 Å². The van der Waals surface area contributed by atoms with E-state index in [0.29, 0.717) is 60.1 Å². The van der Waals surface area contributed by atoms with Gasteiger partial charge >= 0.3 is 6.03 Å². The number of hydrogen-bond donors (Lipinski definition) is 3. The predicted molar refractivity (Wildman–Crippen MR) is 148 cm³/mol. The highest BCUT2D eigenvalue weighted by Crippen LogP contribution is 2.35. The quantitative estimate of drug-likeness (QED) is 0.298. The van der Waals surface area contributed by atoms with Crippen LogP contribution >= 0.6 is 0 Å². The molecule has 6 rings (SSSR count). The fraction of sp³-hybridized carbons (Fsp3) is 0.233. The Kier molecular flexibility index (Phi) is 6.72. The SMILES string of the molecule is COc1ccc2cn(C[C@@]3(c4ccc(Oc5ccc(C(=O)N6CCOCC6)cc5)cc4)NC(=O)NC3=O)c(O)c2c1. The van der Waals surface area contributed by atoms with Crippen LogP contribution in [0.2, 0.25) is 0 Å². The number of urea groups is 1. The van der Waals surface area contributed by atoms with Gasteiger partial charge in [0.05, 0.1) is 26.9 Å². The Morgan fingerprint density at radius 1 is 0.976 bits per heavy atom. The summed E-state index contributed by atoms with van der Waals surface area (Å²) < 4.78 is 18.1. The van der Waals surface area contributed by atoms with Crippen molar-refractivity contribution in [3.8, 4) is 23.1 Å². The average Bonchev–Trinajstić information content (AvgIpc) is 3.47. The number of methoxy groups -OCH3 is 1. The van der Waals surface area contributed by atoms with E-state index in [2.05, 4.69) is 10.6 Å². The molecule has 3 aromatic carbocycles. The van der Waals surface area contributed by atoms with E-state index < -0.39 is 17.5 Å². The Bertz CT molecular complexity index is 1630. The van der Waals surface area contributed by atoms with Crippen LogP contribution in [-0.4, -0.2) is 65.8 Å². The summed E-state index contributed by atoms with van der Waals surface area (Å²) in [6.45, 7) is 2.16. The molecule has 2 saturated heterocycles. The number of aromatic nitrogens is 1. The third kappa shape index (κ3) is 4.91. The molecular weight excluding hydrogens is 528 g/mol. The van der Waals surface area contributed by atoms with Gasteiger partial charge in [-0.05, 0) is 60.2 Å². The number of imide groups is 1. The molecule has 1 atom stereocenters. The van der Waals surface area contributed by atoms with Gasteiger partial charge in [-0.1, -0.05) is 12.1 Å². The van der Waals surface area contributed by atoms with Crippen LogP contribution in [0.4, 0.5) is 4.79 Å². The normalized spacial score (nSPS) is 18.7. The van der Waals surface area contributed by atoms with Crippen LogP contribution in [0.1, 0.15) is 15.9 Å². The van der Waals surface area contributed by atoms with Gasteiger partial charge in [0, 0.05) is 35.6 Å². The zero-order valence-corrected chi connectivity index (χ0v) is 22.3. The molecule has 41 heavy (non-hydrogen) atoms. The number of fused-ring (bicyclic) bond motifs is 1. The smallest absolute Gasteiger partial charge is 0.322 e. The van der Waals surface area contributed by atoms with Crippen molar-refractivity contribution in [2.45, 2.75) is 12.1 Å². The highest BCUT2D eigenvalue weighted by molar-refractivity contribution is 6.07. The van der Waals surface area contributed by atoms with Crippen LogP contribution in [0.25, 0.3) is 10.8 Å². The number of aromatic hydroxyl groups is 1. The lowest BCUT2D eigenvalue weighted by atomic mass is 9.89. The van der Waals surface area contributed by atoms with Gasteiger partial charge in [0.1, 0.15) is 17.2 Å². The second kappa shape index (κ2) is 10.5. The Balaban J connectivity index is 1.22. The van der Waals surface area contributed by atoms with Crippen LogP contribution in [0, 0.1) is 0 Å². The first kappa shape index (κ1) is 26.2. The minimum absolute atomic E-state index is 0.0489. The van der Waals surface area contributed by atoms with E-state index in [4.69, 9.17) is 14.2 Å². The first-order valence-electron chi connectivity index (χ1n) is 13.1. The van der Waals surface area contributed by atoms with Gasteiger partial charge in [-0.15, -0.1) is 0 Å². The van der Waals surface area contributed by atoms with Crippen molar-refractivity contribution < 1.29 is 33.7 Å². The number of nitrogens with one attached hydrogen (secondary N) is 2. The van der Waals surface area contributed by atoms with Crippen molar-refractivity contribution in [3.05, 3.63) is 84.1 Å². The molecule has 3 N–H and O–H groups in total. The van der Waals surface area contributed by atoms with Crippen molar-refractivity contribution in [3.63, 3.8) is 0 Å². The van der Waals surface area contributed by atoms with Gasteiger partial charge in [0.15, 0.2) is 11.4 Å². The maximum absolute atomic E-state index is 13.1. The summed E-state index contributed by atoms with van der Waals surface area (Å²) in [4.78, 5) is 39.9. The lowest BCUT2D eigenvalue weighted by molar-refractivity contribution is -0.124. The highest BCUT2D eigenvalue weighted by Gasteiger charge is 2.48. The number of benzene rings is 3. The third-order valence-corrected chi connectivity index (χ3v) is 7.40. The molecule has 4 aromatic rings. The van der Waals surface area contributed by atoms with Gasteiger partial charge in [0.2, 0.25) is 0 Å². The van der Waals surface area contributed by atoms with Crippen molar-refractivity contribution in [1.82, 2.24) is 20.1 Å². The van der Waals surface area contributed by atoms with Crippen LogP contribution in [-0.2, 0) is 21.6 Å². The predicted octanol–water partition coefficient (Wildman–Crippen LogP) is 3.36. The molecular formula is C30H28N4O7. The minimum atomic E-state index is -1.46.